The first-order chi connectivity index (χ1) is 7.20. The summed E-state index contributed by atoms with van der Waals surface area (Å²) in [7, 11) is 0. The monoisotopic (exact) mass is 207 g/mol. The van der Waals surface area contributed by atoms with Gasteiger partial charge in [0.2, 0.25) is 0 Å². The number of rotatable bonds is 2. The maximum absolute atomic E-state index is 10.8. The van der Waals surface area contributed by atoms with Crippen molar-refractivity contribution in [2.75, 3.05) is 11.4 Å². The number of carboxylic acids is 1. The van der Waals surface area contributed by atoms with Crippen molar-refractivity contribution in [1.82, 2.24) is 0 Å². The standard InChI is InChI=1S/C11H13NO3/c13-10-9(11(14)15)6-7-12(10)8-4-2-1-3-5-8/h1-5,9-10,13H,6-7H2,(H,14,15). The minimum Gasteiger partial charge on any atom is -0.481 e. The number of anilines is 1. The Labute approximate surface area is 87.8 Å². The first kappa shape index (κ1) is 9.98. The predicted octanol–water partition coefficient (Wildman–Crippen LogP) is 0.916. The van der Waals surface area contributed by atoms with E-state index in [1.165, 1.54) is 0 Å². The first-order valence-corrected chi connectivity index (χ1v) is 4.92. The molecule has 2 rings (SSSR count). The Morgan fingerprint density at radius 1 is 1.33 bits per heavy atom. The first-order valence-electron chi connectivity index (χ1n) is 4.92. The summed E-state index contributed by atoms with van der Waals surface area (Å²) in [5.41, 5.74) is 0.869. The number of carbonyl (C=O) groups is 1. The van der Waals surface area contributed by atoms with Crippen LogP contribution >= 0.6 is 0 Å². The van der Waals surface area contributed by atoms with Gasteiger partial charge in [-0.2, -0.15) is 0 Å². The Balaban J connectivity index is 2.17. The third-order valence-electron chi connectivity index (χ3n) is 2.77. The van der Waals surface area contributed by atoms with Gasteiger partial charge in [-0.1, -0.05) is 18.2 Å². The molecule has 1 heterocycles. The van der Waals surface area contributed by atoms with E-state index in [1.807, 2.05) is 30.3 Å². The van der Waals surface area contributed by atoms with Crippen molar-refractivity contribution >= 4 is 11.7 Å². The average Bonchev–Trinajstić information content (AvgIpc) is 2.61. The molecule has 1 fully saturated rings. The minimum atomic E-state index is -0.930. The number of aliphatic hydroxyl groups excluding tert-OH is 1. The van der Waals surface area contributed by atoms with Gasteiger partial charge in [-0.25, -0.2) is 0 Å². The van der Waals surface area contributed by atoms with Gasteiger partial charge in [0.1, 0.15) is 12.1 Å². The highest BCUT2D eigenvalue weighted by Gasteiger charge is 2.37. The topological polar surface area (TPSA) is 60.8 Å². The van der Waals surface area contributed by atoms with Crippen LogP contribution in [0.5, 0.6) is 0 Å². The summed E-state index contributed by atoms with van der Waals surface area (Å²) in [5.74, 6) is -1.61. The molecule has 80 valence electrons. The second-order valence-electron chi connectivity index (χ2n) is 3.68. The summed E-state index contributed by atoms with van der Waals surface area (Å²) in [6.45, 7) is 0.585. The fourth-order valence-corrected chi connectivity index (χ4v) is 1.93. The number of nitrogens with zero attached hydrogens (tertiary/aromatic N) is 1. The Kier molecular flexibility index (Phi) is 2.60. The summed E-state index contributed by atoms with van der Waals surface area (Å²) < 4.78 is 0. The van der Waals surface area contributed by atoms with Gasteiger partial charge < -0.3 is 15.1 Å². The third-order valence-corrected chi connectivity index (χ3v) is 2.77. The third kappa shape index (κ3) is 1.80. The SMILES string of the molecule is O=C(O)C1CCN(c2ccccc2)C1O. The molecule has 0 radical (unpaired) electrons. The number of aliphatic hydroxyl groups is 1. The van der Waals surface area contributed by atoms with E-state index in [0.29, 0.717) is 13.0 Å². The maximum atomic E-state index is 10.8. The smallest absolute Gasteiger partial charge is 0.311 e. The molecule has 1 aliphatic rings. The van der Waals surface area contributed by atoms with Crippen LogP contribution < -0.4 is 4.90 Å². The van der Waals surface area contributed by atoms with Gasteiger partial charge in [0.05, 0.1) is 0 Å². The van der Waals surface area contributed by atoms with E-state index < -0.39 is 18.1 Å². The lowest BCUT2D eigenvalue weighted by atomic mass is 10.1. The summed E-state index contributed by atoms with van der Waals surface area (Å²) >= 11 is 0. The van der Waals surface area contributed by atoms with Crippen LogP contribution in [-0.4, -0.2) is 29.0 Å². The molecule has 1 aliphatic heterocycles. The lowest BCUT2D eigenvalue weighted by Gasteiger charge is -2.23. The fourth-order valence-electron chi connectivity index (χ4n) is 1.93. The molecule has 0 amide bonds. The molecule has 2 atom stereocenters. The van der Waals surface area contributed by atoms with Gasteiger partial charge in [0, 0.05) is 12.2 Å². The van der Waals surface area contributed by atoms with E-state index >= 15 is 0 Å². The number of carboxylic acid groups (broad SMARTS) is 1. The molecule has 2 N–H and O–H groups in total. The zero-order valence-corrected chi connectivity index (χ0v) is 8.21. The van der Waals surface area contributed by atoms with Gasteiger partial charge >= 0.3 is 5.97 Å². The summed E-state index contributed by atoms with van der Waals surface area (Å²) in [6.07, 6.45) is -0.421. The number of para-hydroxylation sites is 1. The van der Waals surface area contributed by atoms with Crippen molar-refractivity contribution in [2.24, 2.45) is 5.92 Å². The molecule has 1 aromatic carbocycles. The van der Waals surface area contributed by atoms with E-state index in [0.717, 1.165) is 5.69 Å². The molecular weight excluding hydrogens is 194 g/mol. The van der Waals surface area contributed by atoms with Crippen LogP contribution in [0.4, 0.5) is 5.69 Å². The van der Waals surface area contributed by atoms with Gasteiger partial charge in [-0.05, 0) is 18.6 Å². The Hall–Kier alpha value is -1.55. The Morgan fingerprint density at radius 2 is 2.00 bits per heavy atom. The Morgan fingerprint density at radius 3 is 2.53 bits per heavy atom. The lowest BCUT2D eigenvalue weighted by Crippen LogP contribution is -2.35. The van der Waals surface area contributed by atoms with Crippen molar-refractivity contribution in [1.29, 1.82) is 0 Å². The van der Waals surface area contributed by atoms with Crippen LogP contribution in [-0.2, 0) is 4.79 Å². The van der Waals surface area contributed by atoms with Crippen LogP contribution in [0.15, 0.2) is 30.3 Å². The van der Waals surface area contributed by atoms with E-state index in [4.69, 9.17) is 5.11 Å². The molecule has 0 aliphatic carbocycles. The average molecular weight is 207 g/mol. The predicted molar refractivity (Wildman–Crippen MR) is 55.5 cm³/mol. The normalized spacial score (nSPS) is 25.5. The van der Waals surface area contributed by atoms with Crippen molar-refractivity contribution < 1.29 is 15.0 Å². The highest BCUT2D eigenvalue weighted by molar-refractivity contribution is 5.72. The van der Waals surface area contributed by atoms with Crippen LogP contribution in [0.2, 0.25) is 0 Å². The van der Waals surface area contributed by atoms with Crippen molar-refractivity contribution in [3.05, 3.63) is 30.3 Å². The molecule has 4 nitrogen and oxygen atoms in total. The second-order valence-corrected chi connectivity index (χ2v) is 3.68. The summed E-state index contributed by atoms with van der Waals surface area (Å²) in [4.78, 5) is 12.5. The maximum Gasteiger partial charge on any atom is 0.311 e. The Bertz CT molecular complexity index is 352. The van der Waals surface area contributed by atoms with Crippen LogP contribution in [0.1, 0.15) is 6.42 Å². The molecule has 4 heteroatoms. The van der Waals surface area contributed by atoms with Crippen LogP contribution in [0.3, 0.4) is 0 Å². The van der Waals surface area contributed by atoms with Crippen molar-refractivity contribution in [2.45, 2.75) is 12.6 Å². The second kappa shape index (κ2) is 3.90. The number of benzene rings is 1. The van der Waals surface area contributed by atoms with Crippen molar-refractivity contribution in [3.8, 4) is 0 Å². The van der Waals surface area contributed by atoms with E-state index in [9.17, 15) is 9.90 Å². The quantitative estimate of drug-likeness (QED) is 0.757. The number of hydrogen-bond donors (Lipinski definition) is 2. The van der Waals surface area contributed by atoms with E-state index in [-0.39, 0.29) is 0 Å². The van der Waals surface area contributed by atoms with Gasteiger partial charge in [0.15, 0.2) is 0 Å². The molecule has 0 aromatic heterocycles. The van der Waals surface area contributed by atoms with Crippen molar-refractivity contribution in [3.63, 3.8) is 0 Å². The van der Waals surface area contributed by atoms with Crippen LogP contribution in [0, 0.1) is 5.92 Å². The number of hydrogen-bond acceptors (Lipinski definition) is 3. The lowest BCUT2D eigenvalue weighted by molar-refractivity contribution is -0.144. The highest BCUT2D eigenvalue weighted by Crippen LogP contribution is 2.28. The zero-order chi connectivity index (χ0) is 10.8. The minimum absolute atomic E-state index is 0.491. The number of aliphatic carboxylic acids is 1. The van der Waals surface area contributed by atoms with Crippen LogP contribution in [0.25, 0.3) is 0 Å². The molecule has 0 saturated carbocycles. The van der Waals surface area contributed by atoms with Gasteiger partial charge in [-0.15, -0.1) is 0 Å². The molecule has 1 aromatic rings. The fraction of sp³-hybridized carbons (Fsp3) is 0.364. The largest absolute Gasteiger partial charge is 0.481 e. The molecular formula is C11H13NO3. The zero-order valence-electron chi connectivity index (χ0n) is 8.21. The molecule has 1 saturated heterocycles. The molecule has 0 bridgehead atoms. The summed E-state index contributed by atoms with van der Waals surface area (Å²) in [5, 5.41) is 18.7. The molecule has 15 heavy (non-hydrogen) atoms. The molecule has 2 unspecified atom stereocenters. The van der Waals surface area contributed by atoms with E-state index in [1.54, 1.807) is 4.90 Å². The van der Waals surface area contributed by atoms with Gasteiger partial charge in [-0.3, -0.25) is 4.79 Å². The highest BCUT2D eigenvalue weighted by atomic mass is 16.4. The van der Waals surface area contributed by atoms with Gasteiger partial charge in [0.25, 0.3) is 0 Å². The molecule has 0 spiro atoms. The summed E-state index contributed by atoms with van der Waals surface area (Å²) in [6, 6.07) is 9.37. The van der Waals surface area contributed by atoms with E-state index in [2.05, 4.69) is 0 Å².